The Morgan fingerprint density at radius 3 is 2.68 bits per heavy atom. The molecule has 3 rings (SSSR count). The molecule has 0 saturated carbocycles. The number of ether oxygens (including phenoxy) is 1. The Morgan fingerprint density at radius 1 is 1.28 bits per heavy atom. The largest absolute Gasteiger partial charge is 0.496 e. The summed E-state index contributed by atoms with van der Waals surface area (Å²) in [6.07, 6.45) is -3.02. The van der Waals surface area contributed by atoms with Crippen molar-refractivity contribution in [3.63, 3.8) is 0 Å². The van der Waals surface area contributed by atoms with Crippen LogP contribution in [0.25, 0.3) is 22.2 Å². The summed E-state index contributed by atoms with van der Waals surface area (Å²) in [5, 5.41) is 21.6. The van der Waals surface area contributed by atoms with Gasteiger partial charge < -0.3 is 9.84 Å². The van der Waals surface area contributed by atoms with E-state index in [1.165, 1.54) is 24.1 Å². The van der Waals surface area contributed by atoms with Gasteiger partial charge in [-0.25, -0.2) is 0 Å². The van der Waals surface area contributed by atoms with Gasteiger partial charge in [-0.2, -0.15) is 18.3 Å². The van der Waals surface area contributed by atoms with Crippen LogP contribution in [0.15, 0.2) is 24.4 Å². The van der Waals surface area contributed by atoms with Gasteiger partial charge >= 0.3 is 6.18 Å². The maximum absolute atomic E-state index is 12.9. The van der Waals surface area contributed by atoms with Crippen LogP contribution in [-0.4, -0.2) is 38.8 Å². The lowest BCUT2D eigenvalue weighted by Gasteiger charge is -2.13. The van der Waals surface area contributed by atoms with Gasteiger partial charge in [0, 0.05) is 5.56 Å². The van der Waals surface area contributed by atoms with E-state index >= 15 is 0 Å². The van der Waals surface area contributed by atoms with Crippen molar-refractivity contribution >= 4 is 22.5 Å². The highest BCUT2D eigenvalue weighted by Gasteiger charge is 2.31. The van der Waals surface area contributed by atoms with Crippen LogP contribution < -0.4 is 4.74 Å². The second-order valence-corrected chi connectivity index (χ2v) is 5.46. The van der Waals surface area contributed by atoms with Gasteiger partial charge in [-0.3, -0.25) is 4.68 Å². The Labute approximate surface area is 144 Å². The summed E-state index contributed by atoms with van der Waals surface area (Å²) in [4.78, 5) is 0. The fraction of sp³-hybridized carbons (Fsp3) is 0.267. The van der Waals surface area contributed by atoms with E-state index < -0.39 is 11.7 Å². The molecule has 132 valence electrons. The predicted molar refractivity (Wildman–Crippen MR) is 84.4 cm³/mol. The lowest BCUT2D eigenvalue weighted by Crippen LogP contribution is -2.06. The average molecular weight is 373 g/mol. The highest BCUT2D eigenvalue weighted by molar-refractivity contribution is 6.34. The van der Waals surface area contributed by atoms with Gasteiger partial charge in [0.15, 0.2) is 5.15 Å². The first kappa shape index (κ1) is 17.4. The molecular weight excluding hydrogens is 361 g/mol. The van der Waals surface area contributed by atoms with Crippen LogP contribution in [0, 0.1) is 0 Å². The summed E-state index contributed by atoms with van der Waals surface area (Å²) in [7, 11) is 1.27. The second-order valence-electron chi connectivity index (χ2n) is 5.11. The first-order valence-corrected chi connectivity index (χ1v) is 7.48. The molecule has 10 heteroatoms. The van der Waals surface area contributed by atoms with Crippen molar-refractivity contribution in [2.24, 2.45) is 0 Å². The van der Waals surface area contributed by atoms with Crippen molar-refractivity contribution < 1.29 is 23.0 Å². The molecule has 1 aromatic carbocycles. The third-order valence-electron chi connectivity index (χ3n) is 3.62. The van der Waals surface area contributed by atoms with Crippen molar-refractivity contribution in [2.45, 2.75) is 12.7 Å². The predicted octanol–water partition coefficient (Wildman–Crippen LogP) is 3.17. The molecule has 2 aromatic heterocycles. The van der Waals surface area contributed by atoms with Crippen LogP contribution in [-0.2, 0) is 12.7 Å². The number of halogens is 4. The summed E-state index contributed by atoms with van der Waals surface area (Å²) >= 11 is 6.06. The number of alkyl halides is 3. The number of rotatable bonds is 4. The highest BCUT2D eigenvalue weighted by Crippen LogP contribution is 2.39. The van der Waals surface area contributed by atoms with Crippen molar-refractivity contribution in [1.82, 2.24) is 20.0 Å². The summed E-state index contributed by atoms with van der Waals surface area (Å²) in [6, 6.07) is 3.11. The maximum Gasteiger partial charge on any atom is 0.416 e. The van der Waals surface area contributed by atoms with E-state index in [-0.39, 0.29) is 29.7 Å². The molecule has 25 heavy (non-hydrogen) atoms. The Hall–Kier alpha value is -2.39. The molecule has 0 atom stereocenters. The molecular formula is C15H12ClF3N4O2. The summed E-state index contributed by atoms with van der Waals surface area (Å²) in [6.45, 7) is 0.0346. The minimum atomic E-state index is -4.49. The van der Waals surface area contributed by atoms with Gasteiger partial charge in [-0.15, -0.1) is 10.2 Å². The normalized spacial score (nSPS) is 11.9. The SMILES string of the molecule is COc1cc(C(F)(F)F)ccc1-c1nnc(Cl)c2c1cnn2CCO. The molecule has 3 aromatic rings. The second kappa shape index (κ2) is 6.49. The number of nitrogens with zero attached hydrogens (tertiary/aromatic N) is 4. The quantitative estimate of drug-likeness (QED) is 0.761. The number of fused-ring (bicyclic) bond motifs is 1. The lowest BCUT2D eigenvalue weighted by molar-refractivity contribution is -0.137. The zero-order chi connectivity index (χ0) is 18.2. The fourth-order valence-corrected chi connectivity index (χ4v) is 2.73. The van der Waals surface area contributed by atoms with Crippen LogP contribution >= 0.6 is 11.6 Å². The Morgan fingerprint density at radius 2 is 2.04 bits per heavy atom. The van der Waals surface area contributed by atoms with Crippen LogP contribution in [0.2, 0.25) is 5.15 Å². The van der Waals surface area contributed by atoms with Gasteiger partial charge in [0.05, 0.1) is 37.4 Å². The van der Waals surface area contributed by atoms with E-state index in [0.29, 0.717) is 16.5 Å². The molecule has 2 heterocycles. The summed E-state index contributed by atoms with van der Waals surface area (Å²) in [5.74, 6) is 0.00246. The van der Waals surface area contributed by atoms with Crippen LogP contribution in [0.3, 0.4) is 0 Å². The highest BCUT2D eigenvalue weighted by atomic mass is 35.5. The number of aliphatic hydroxyl groups is 1. The maximum atomic E-state index is 12.9. The number of methoxy groups -OCH3 is 1. The van der Waals surface area contributed by atoms with Gasteiger partial charge in [-0.05, 0) is 18.2 Å². The molecule has 0 fully saturated rings. The number of benzene rings is 1. The Kier molecular flexibility index (Phi) is 4.53. The molecule has 0 bridgehead atoms. The smallest absolute Gasteiger partial charge is 0.416 e. The zero-order valence-corrected chi connectivity index (χ0v) is 13.6. The molecule has 0 aliphatic rings. The van der Waals surface area contributed by atoms with Gasteiger partial charge in [-0.1, -0.05) is 11.6 Å². The number of hydrogen-bond acceptors (Lipinski definition) is 5. The van der Waals surface area contributed by atoms with Gasteiger partial charge in [0.1, 0.15) is 17.0 Å². The summed E-state index contributed by atoms with van der Waals surface area (Å²) < 4.78 is 45.2. The molecule has 0 unspecified atom stereocenters. The van der Waals surface area contributed by atoms with Gasteiger partial charge in [0.2, 0.25) is 0 Å². The third-order valence-corrected chi connectivity index (χ3v) is 3.88. The molecule has 6 nitrogen and oxygen atoms in total. The fourth-order valence-electron chi connectivity index (χ4n) is 2.50. The standard InChI is InChI=1S/C15H12ClF3N4O2/c1-25-11-6-8(15(17,18)19)2-3-9(11)12-10-7-20-23(4-5-24)13(10)14(16)22-21-12/h2-3,6-7,24H,4-5H2,1H3. The number of hydrogen-bond donors (Lipinski definition) is 1. The average Bonchev–Trinajstić information content (AvgIpc) is 2.99. The minimum Gasteiger partial charge on any atom is -0.496 e. The molecule has 0 amide bonds. The van der Waals surface area contributed by atoms with Crippen molar-refractivity contribution in [2.75, 3.05) is 13.7 Å². The van der Waals surface area contributed by atoms with E-state index in [9.17, 15) is 13.2 Å². The minimum absolute atomic E-state index is 0.00246. The van der Waals surface area contributed by atoms with Crippen molar-refractivity contribution in [3.05, 3.63) is 35.1 Å². The molecule has 0 spiro atoms. The Bertz CT molecular complexity index is 927. The van der Waals surface area contributed by atoms with Crippen molar-refractivity contribution in [3.8, 4) is 17.0 Å². The van der Waals surface area contributed by atoms with E-state index in [0.717, 1.165) is 12.1 Å². The third kappa shape index (κ3) is 3.12. The molecule has 0 radical (unpaired) electrons. The molecule has 1 N–H and O–H groups in total. The molecule has 0 saturated heterocycles. The van der Waals surface area contributed by atoms with E-state index in [1.54, 1.807) is 0 Å². The number of aromatic nitrogens is 4. The first-order valence-electron chi connectivity index (χ1n) is 7.11. The Balaban J connectivity index is 2.22. The molecule has 0 aliphatic carbocycles. The summed E-state index contributed by atoms with van der Waals surface area (Å²) in [5.41, 5.74) is 0.215. The van der Waals surface area contributed by atoms with Crippen LogP contribution in [0.1, 0.15) is 5.56 Å². The molecule has 0 aliphatic heterocycles. The van der Waals surface area contributed by atoms with Crippen LogP contribution in [0.5, 0.6) is 5.75 Å². The zero-order valence-electron chi connectivity index (χ0n) is 12.9. The lowest BCUT2D eigenvalue weighted by atomic mass is 10.0. The number of aliphatic hydroxyl groups excluding tert-OH is 1. The van der Waals surface area contributed by atoms with E-state index in [4.69, 9.17) is 21.4 Å². The van der Waals surface area contributed by atoms with Crippen LogP contribution in [0.4, 0.5) is 13.2 Å². The first-order chi connectivity index (χ1) is 11.9. The van der Waals surface area contributed by atoms with Crippen molar-refractivity contribution in [1.29, 1.82) is 0 Å². The van der Waals surface area contributed by atoms with E-state index in [2.05, 4.69) is 15.3 Å². The van der Waals surface area contributed by atoms with Gasteiger partial charge in [0.25, 0.3) is 0 Å². The topological polar surface area (TPSA) is 73.1 Å². The van der Waals surface area contributed by atoms with E-state index in [1.807, 2.05) is 0 Å². The monoisotopic (exact) mass is 372 g/mol.